The van der Waals surface area contributed by atoms with Crippen molar-refractivity contribution in [2.24, 2.45) is 11.3 Å². The Balaban J connectivity index is 1.72. The zero-order valence-electron chi connectivity index (χ0n) is 12.3. The third-order valence-corrected chi connectivity index (χ3v) is 5.03. The molecule has 0 spiro atoms. The van der Waals surface area contributed by atoms with Gasteiger partial charge in [-0.05, 0) is 43.9 Å². The van der Waals surface area contributed by atoms with Gasteiger partial charge in [0.05, 0.1) is 6.42 Å². The molecule has 0 aliphatic heterocycles. The maximum absolute atomic E-state index is 11.9. The molecule has 2 aliphatic rings. The van der Waals surface area contributed by atoms with E-state index in [-0.39, 0.29) is 23.9 Å². The van der Waals surface area contributed by atoms with Crippen molar-refractivity contribution in [2.75, 3.05) is 6.54 Å². The van der Waals surface area contributed by atoms with E-state index in [0.717, 1.165) is 19.3 Å². The summed E-state index contributed by atoms with van der Waals surface area (Å²) < 4.78 is 0. The van der Waals surface area contributed by atoms with Crippen LogP contribution >= 0.6 is 0 Å². The van der Waals surface area contributed by atoms with E-state index >= 15 is 0 Å². The number of aliphatic carboxylic acids is 1. The number of hydrogen-bond donors (Lipinski definition) is 3. The second-order valence-electron chi connectivity index (χ2n) is 6.58. The minimum Gasteiger partial charge on any atom is -0.481 e. The van der Waals surface area contributed by atoms with Crippen molar-refractivity contribution < 1.29 is 14.7 Å². The molecule has 0 aromatic carbocycles. The van der Waals surface area contributed by atoms with E-state index in [9.17, 15) is 9.59 Å². The second-order valence-corrected chi connectivity index (χ2v) is 6.58. The number of amides is 2. The smallest absolute Gasteiger partial charge is 0.315 e. The first-order valence-electron chi connectivity index (χ1n) is 7.77. The van der Waals surface area contributed by atoms with E-state index < -0.39 is 5.97 Å². The minimum absolute atomic E-state index is 0.152. The second kappa shape index (κ2) is 6.46. The third kappa shape index (κ3) is 3.87. The fourth-order valence-electron chi connectivity index (χ4n) is 3.51. The van der Waals surface area contributed by atoms with Gasteiger partial charge >= 0.3 is 12.0 Å². The number of carbonyl (C=O) groups is 2. The highest BCUT2D eigenvalue weighted by Gasteiger charge is 2.39. The van der Waals surface area contributed by atoms with E-state index in [0.29, 0.717) is 12.5 Å². The Morgan fingerprint density at radius 2 is 1.90 bits per heavy atom. The monoisotopic (exact) mass is 282 g/mol. The molecule has 0 saturated heterocycles. The van der Waals surface area contributed by atoms with Crippen LogP contribution < -0.4 is 10.6 Å². The molecule has 114 valence electrons. The van der Waals surface area contributed by atoms with Crippen LogP contribution in [-0.2, 0) is 4.79 Å². The number of rotatable bonds is 6. The molecule has 5 nitrogen and oxygen atoms in total. The molecular weight excluding hydrogens is 256 g/mol. The van der Waals surface area contributed by atoms with Gasteiger partial charge in [0, 0.05) is 12.6 Å². The van der Waals surface area contributed by atoms with Crippen molar-refractivity contribution in [2.45, 2.75) is 64.3 Å². The molecule has 2 fully saturated rings. The zero-order valence-corrected chi connectivity index (χ0v) is 12.3. The van der Waals surface area contributed by atoms with Gasteiger partial charge in [0.2, 0.25) is 0 Å². The lowest BCUT2D eigenvalue weighted by atomic mass is 9.66. The summed E-state index contributed by atoms with van der Waals surface area (Å²) in [6.45, 7) is 2.54. The van der Waals surface area contributed by atoms with E-state index in [1.165, 1.54) is 25.7 Å². The largest absolute Gasteiger partial charge is 0.481 e. The standard InChI is InChI=1S/C15H26N2O3/c1-11(12-5-2-3-6-12)17-14(20)16-10-15(7-4-8-15)9-13(18)19/h11-12H,2-10H2,1H3,(H,18,19)(H2,16,17,20). The Morgan fingerprint density at radius 3 is 2.40 bits per heavy atom. The average molecular weight is 282 g/mol. The summed E-state index contributed by atoms with van der Waals surface area (Å²) in [5.74, 6) is -0.177. The van der Waals surface area contributed by atoms with Crippen LogP contribution in [0.5, 0.6) is 0 Å². The first-order valence-corrected chi connectivity index (χ1v) is 7.77. The molecule has 1 unspecified atom stereocenters. The molecule has 0 radical (unpaired) electrons. The number of carboxylic acid groups (broad SMARTS) is 1. The van der Waals surface area contributed by atoms with Crippen molar-refractivity contribution in [3.63, 3.8) is 0 Å². The quantitative estimate of drug-likeness (QED) is 0.700. The molecule has 3 N–H and O–H groups in total. The van der Waals surface area contributed by atoms with Gasteiger partial charge in [-0.3, -0.25) is 4.79 Å². The third-order valence-electron chi connectivity index (χ3n) is 5.03. The normalized spacial score (nSPS) is 22.9. The summed E-state index contributed by atoms with van der Waals surface area (Å²) in [4.78, 5) is 22.8. The lowest BCUT2D eigenvalue weighted by molar-refractivity contribution is -0.141. The van der Waals surface area contributed by atoms with E-state index in [1.54, 1.807) is 0 Å². The highest BCUT2D eigenvalue weighted by molar-refractivity contribution is 5.74. The van der Waals surface area contributed by atoms with E-state index in [2.05, 4.69) is 17.6 Å². The lowest BCUT2D eigenvalue weighted by Crippen LogP contribution is -2.49. The molecule has 0 heterocycles. The lowest BCUT2D eigenvalue weighted by Gasteiger charge is -2.40. The first kappa shape index (κ1) is 15.1. The maximum atomic E-state index is 11.9. The first-order chi connectivity index (χ1) is 9.51. The van der Waals surface area contributed by atoms with Gasteiger partial charge in [-0.25, -0.2) is 4.79 Å². The van der Waals surface area contributed by atoms with Crippen LogP contribution in [0.15, 0.2) is 0 Å². The Bertz CT molecular complexity index is 360. The summed E-state index contributed by atoms with van der Waals surface area (Å²) in [7, 11) is 0. The predicted octanol–water partition coefficient (Wildman–Crippen LogP) is 2.51. The molecule has 0 bridgehead atoms. The molecular formula is C15H26N2O3. The fourth-order valence-corrected chi connectivity index (χ4v) is 3.51. The molecule has 2 rings (SSSR count). The highest BCUT2D eigenvalue weighted by atomic mass is 16.4. The minimum atomic E-state index is -0.772. The SMILES string of the molecule is CC(NC(=O)NCC1(CC(=O)O)CCC1)C1CCCC1. The van der Waals surface area contributed by atoms with Crippen LogP contribution in [0.3, 0.4) is 0 Å². The average Bonchev–Trinajstić information content (AvgIpc) is 2.85. The topological polar surface area (TPSA) is 78.4 Å². The molecule has 2 saturated carbocycles. The Labute approximate surface area is 120 Å². The van der Waals surface area contributed by atoms with Gasteiger partial charge in [0.1, 0.15) is 0 Å². The zero-order chi connectivity index (χ0) is 14.6. The van der Waals surface area contributed by atoms with E-state index in [4.69, 9.17) is 5.11 Å². The number of carboxylic acids is 1. The summed E-state index contributed by atoms with van der Waals surface area (Å²) in [6, 6.07) is 0.0513. The predicted molar refractivity (Wildman–Crippen MR) is 76.5 cm³/mol. The molecule has 0 aromatic rings. The number of nitrogens with one attached hydrogen (secondary N) is 2. The van der Waals surface area contributed by atoms with Crippen LogP contribution in [-0.4, -0.2) is 29.7 Å². The summed E-state index contributed by atoms with van der Waals surface area (Å²) >= 11 is 0. The van der Waals surface area contributed by atoms with Crippen molar-refractivity contribution in [1.82, 2.24) is 10.6 Å². The van der Waals surface area contributed by atoms with Crippen molar-refractivity contribution >= 4 is 12.0 Å². The highest BCUT2D eigenvalue weighted by Crippen LogP contribution is 2.43. The molecule has 1 atom stereocenters. The van der Waals surface area contributed by atoms with Crippen LogP contribution in [0.25, 0.3) is 0 Å². The van der Waals surface area contributed by atoms with Crippen LogP contribution in [0.2, 0.25) is 0 Å². The summed E-state index contributed by atoms with van der Waals surface area (Å²) in [6.07, 6.45) is 7.95. The number of hydrogen-bond acceptors (Lipinski definition) is 2. The maximum Gasteiger partial charge on any atom is 0.315 e. The van der Waals surface area contributed by atoms with Crippen LogP contribution in [0.4, 0.5) is 4.79 Å². The molecule has 20 heavy (non-hydrogen) atoms. The van der Waals surface area contributed by atoms with Gasteiger partial charge in [-0.15, -0.1) is 0 Å². The molecule has 2 aliphatic carbocycles. The fraction of sp³-hybridized carbons (Fsp3) is 0.867. The van der Waals surface area contributed by atoms with Crippen molar-refractivity contribution in [3.8, 4) is 0 Å². The van der Waals surface area contributed by atoms with Crippen molar-refractivity contribution in [1.29, 1.82) is 0 Å². The van der Waals surface area contributed by atoms with E-state index in [1.807, 2.05) is 0 Å². The molecule has 2 amide bonds. The molecule has 5 heteroatoms. The Kier molecular flexibility index (Phi) is 4.89. The number of carbonyl (C=O) groups excluding carboxylic acids is 1. The Morgan fingerprint density at radius 1 is 1.25 bits per heavy atom. The van der Waals surface area contributed by atoms with Gasteiger partial charge in [-0.2, -0.15) is 0 Å². The van der Waals surface area contributed by atoms with Gasteiger partial charge in [0.25, 0.3) is 0 Å². The Hall–Kier alpha value is -1.26. The number of urea groups is 1. The van der Waals surface area contributed by atoms with Gasteiger partial charge < -0.3 is 15.7 Å². The summed E-state index contributed by atoms with van der Waals surface area (Å²) in [5, 5.41) is 14.8. The van der Waals surface area contributed by atoms with Crippen LogP contribution in [0.1, 0.15) is 58.3 Å². The van der Waals surface area contributed by atoms with Crippen molar-refractivity contribution in [3.05, 3.63) is 0 Å². The van der Waals surface area contributed by atoms with Crippen LogP contribution in [0, 0.1) is 11.3 Å². The van der Waals surface area contributed by atoms with Gasteiger partial charge in [0.15, 0.2) is 0 Å². The summed E-state index contributed by atoms with van der Waals surface area (Å²) in [5.41, 5.74) is -0.209. The van der Waals surface area contributed by atoms with Gasteiger partial charge in [-0.1, -0.05) is 19.3 Å². The molecule has 0 aromatic heterocycles.